The lowest BCUT2D eigenvalue weighted by atomic mass is 9.56. The van der Waals surface area contributed by atoms with Gasteiger partial charge in [0.15, 0.2) is 17.2 Å². The minimum Gasteiger partial charge on any atom is -0.508 e. The van der Waals surface area contributed by atoms with Crippen LogP contribution in [0.5, 0.6) is 5.75 Å². The highest BCUT2D eigenvalue weighted by molar-refractivity contribution is 6.16. The fourth-order valence-electron chi connectivity index (χ4n) is 5.60. The Balaban J connectivity index is 1.94. The number of nitrogens with zero attached hydrogens (tertiary/aromatic N) is 1. The second kappa shape index (κ2) is 6.78. The van der Waals surface area contributed by atoms with E-state index in [9.17, 15) is 34.8 Å². The Bertz CT molecular complexity index is 1050. The van der Waals surface area contributed by atoms with Crippen molar-refractivity contribution in [3.63, 3.8) is 0 Å². The first kappa shape index (κ1) is 21.3. The Kier molecular flexibility index (Phi) is 4.65. The molecule has 0 spiro atoms. The molecule has 1 aromatic rings. The molecule has 3 aliphatic carbocycles. The van der Waals surface area contributed by atoms with Crippen molar-refractivity contribution in [2.24, 2.45) is 23.5 Å². The van der Waals surface area contributed by atoms with E-state index in [-0.39, 0.29) is 29.7 Å². The number of benzene rings is 1. The number of phenols is 1. The summed E-state index contributed by atoms with van der Waals surface area (Å²) < 4.78 is 0. The van der Waals surface area contributed by atoms with Gasteiger partial charge in [0.25, 0.3) is 0 Å². The molecule has 0 saturated heterocycles. The lowest BCUT2D eigenvalue weighted by Crippen LogP contribution is -2.71. The number of fused-ring (bicyclic) bond motifs is 3. The second-order valence-electron chi connectivity index (χ2n) is 8.83. The molecule has 1 amide bonds. The van der Waals surface area contributed by atoms with E-state index in [0.717, 1.165) is 0 Å². The predicted octanol–water partition coefficient (Wildman–Crippen LogP) is -1.13. The number of nitrogens with two attached hydrogens (primary N) is 2. The average Bonchev–Trinajstić information content (AvgIpc) is 2.67. The van der Waals surface area contributed by atoms with E-state index in [2.05, 4.69) is 0 Å². The Morgan fingerprint density at radius 3 is 2.45 bits per heavy atom. The zero-order valence-corrected chi connectivity index (χ0v) is 17.1. The molecule has 0 radical (unpaired) electrons. The number of aliphatic hydroxyl groups excluding tert-OH is 2. The number of primary amides is 1. The summed E-state index contributed by atoms with van der Waals surface area (Å²) in [5, 5.41) is 43.7. The van der Waals surface area contributed by atoms with E-state index < -0.39 is 64.5 Å². The Hall–Kier alpha value is -2.95. The summed E-state index contributed by atoms with van der Waals surface area (Å²) in [6.45, 7) is 0. The van der Waals surface area contributed by atoms with E-state index in [4.69, 9.17) is 11.5 Å². The molecule has 0 heterocycles. The number of allylic oxidation sites excluding steroid dienone is 1. The molecular weight excluding hydrogens is 406 g/mol. The van der Waals surface area contributed by atoms with E-state index in [0.29, 0.717) is 5.56 Å². The highest BCUT2D eigenvalue weighted by Gasteiger charge is 2.66. The standard InChI is InChI=1S/C21H25N3O7/c1-24(2)14-9-6-8-5-7-3-4-10(22)15(25)11(7)16(26)12(8)18(28)21(9,31)19(29)13(17(14)27)20(23)30/h3-4,8-9,13-14,17,25,27-28,31H,5-6,22H2,1-2H3,(H2,23,30)/t8-,9-,13?,14-,17?,21-/m0/s1. The Morgan fingerprint density at radius 2 is 1.87 bits per heavy atom. The van der Waals surface area contributed by atoms with E-state index in [1.165, 1.54) is 6.07 Å². The molecule has 1 aromatic carbocycles. The summed E-state index contributed by atoms with van der Waals surface area (Å²) in [5.74, 6) is -7.63. The number of carbonyl (C=O) groups is 3. The van der Waals surface area contributed by atoms with Crippen LogP contribution in [0.25, 0.3) is 0 Å². The molecule has 0 aromatic heterocycles. The molecule has 2 unspecified atom stereocenters. The highest BCUT2D eigenvalue weighted by Crippen LogP contribution is 2.52. The molecule has 0 bridgehead atoms. The lowest BCUT2D eigenvalue weighted by molar-refractivity contribution is -0.178. The van der Waals surface area contributed by atoms with Gasteiger partial charge in [0.2, 0.25) is 5.91 Å². The number of aliphatic hydroxyl groups is 3. The number of hydrogen-bond donors (Lipinski definition) is 6. The number of anilines is 1. The summed E-state index contributed by atoms with van der Waals surface area (Å²) in [4.78, 5) is 39.9. The Morgan fingerprint density at radius 1 is 1.23 bits per heavy atom. The van der Waals surface area contributed by atoms with Crippen LogP contribution in [-0.4, -0.2) is 74.6 Å². The lowest BCUT2D eigenvalue weighted by Gasteiger charge is -2.53. The summed E-state index contributed by atoms with van der Waals surface area (Å²) in [6, 6.07) is 2.20. The molecular formula is C21H25N3O7. The number of aromatic hydroxyl groups is 1. The fourth-order valence-corrected chi connectivity index (χ4v) is 5.60. The number of rotatable bonds is 2. The van der Waals surface area contributed by atoms with Crippen LogP contribution < -0.4 is 11.5 Å². The summed E-state index contributed by atoms with van der Waals surface area (Å²) in [7, 11) is 3.22. The van der Waals surface area contributed by atoms with E-state index in [1.807, 2.05) is 0 Å². The van der Waals surface area contributed by atoms with Crippen molar-refractivity contribution in [3.8, 4) is 5.75 Å². The van der Waals surface area contributed by atoms with Crippen molar-refractivity contribution < 1.29 is 34.8 Å². The van der Waals surface area contributed by atoms with Gasteiger partial charge in [-0.15, -0.1) is 0 Å². The van der Waals surface area contributed by atoms with Crippen LogP contribution in [0.2, 0.25) is 0 Å². The maximum atomic E-state index is 13.2. The highest BCUT2D eigenvalue weighted by atomic mass is 16.3. The number of ketones is 2. The van der Waals surface area contributed by atoms with Gasteiger partial charge < -0.3 is 36.8 Å². The van der Waals surface area contributed by atoms with Crippen molar-refractivity contribution in [2.45, 2.75) is 30.6 Å². The van der Waals surface area contributed by atoms with Gasteiger partial charge in [-0.2, -0.15) is 0 Å². The molecule has 10 nitrogen and oxygen atoms in total. The molecule has 6 atom stereocenters. The largest absolute Gasteiger partial charge is 0.508 e. The smallest absolute Gasteiger partial charge is 0.230 e. The van der Waals surface area contributed by atoms with Crippen LogP contribution in [0.1, 0.15) is 22.3 Å². The normalized spacial score (nSPS) is 34.9. The van der Waals surface area contributed by atoms with Crippen molar-refractivity contribution in [3.05, 3.63) is 34.6 Å². The quantitative estimate of drug-likeness (QED) is 0.191. The predicted molar refractivity (Wildman–Crippen MR) is 108 cm³/mol. The number of Topliss-reactive ketones (excluding diaryl/α,β-unsaturated/α-hetero) is 2. The SMILES string of the molecule is CN(C)[C@@H]1C(O)C(C(N)=O)C(=O)[C@@]2(O)C(O)=C3C(=O)c4c(ccc(N)c4O)C[C@H]3C[C@@H]12. The van der Waals surface area contributed by atoms with E-state index >= 15 is 0 Å². The van der Waals surface area contributed by atoms with Gasteiger partial charge in [-0.05, 0) is 44.5 Å². The molecule has 1 fully saturated rings. The fraction of sp³-hybridized carbons (Fsp3) is 0.476. The van der Waals surface area contributed by atoms with Crippen molar-refractivity contribution in [2.75, 3.05) is 19.8 Å². The van der Waals surface area contributed by atoms with Crippen LogP contribution >= 0.6 is 0 Å². The maximum absolute atomic E-state index is 13.2. The zero-order chi connectivity index (χ0) is 23.0. The number of amides is 1. The first-order chi connectivity index (χ1) is 14.4. The molecule has 166 valence electrons. The maximum Gasteiger partial charge on any atom is 0.230 e. The van der Waals surface area contributed by atoms with Crippen LogP contribution in [0.3, 0.4) is 0 Å². The van der Waals surface area contributed by atoms with Crippen LogP contribution in [0.4, 0.5) is 5.69 Å². The number of hydrogen-bond acceptors (Lipinski definition) is 9. The zero-order valence-electron chi connectivity index (χ0n) is 17.1. The molecule has 8 N–H and O–H groups in total. The van der Waals surface area contributed by atoms with Crippen LogP contribution in [-0.2, 0) is 16.0 Å². The van der Waals surface area contributed by atoms with Crippen molar-refractivity contribution in [1.82, 2.24) is 4.90 Å². The number of nitrogen functional groups attached to an aromatic ring is 1. The summed E-state index contributed by atoms with van der Waals surface area (Å²) >= 11 is 0. The van der Waals surface area contributed by atoms with Gasteiger partial charge in [-0.3, -0.25) is 14.4 Å². The van der Waals surface area contributed by atoms with Crippen LogP contribution in [0.15, 0.2) is 23.5 Å². The van der Waals surface area contributed by atoms with Gasteiger partial charge >= 0.3 is 0 Å². The van der Waals surface area contributed by atoms with Crippen LogP contribution in [0, 0.1) is 17.8 Å². The first-order valence-electron chi connectivity index (χ1n) is 9.92. The van der Waals surface area contributed by atoms with Crippen molar-refractivity contribution in [1.29, 1.82) is 0 Å². The van der Waals surface area contributed by atoms with E-state index in [1.54, 1.807) is 25.1 Å². The third kappa shape index (κ3) is 2.65. The molecule has 31 heavy (non-hydrogen) atoms. The van der Waals surface area contributed by atoms with Gasteiger partial charge in [-0.25, -0.2) is 0 Å². The number of likely N-dealkylation sites (N-methyl/N-ethyl adjacent to an activating group) is 1. The van der Waals surface area contributed by atoms with Gasteiger partial charge in [0, 0.05) is 17.5 Å². The minimum atomic E-state index is -2.58. The topological polar surface area (TPSA) is 187 Å². The number of phenolic OH excluding ortho intramolecular Hbond substituents is 1. The first-order valence-corrected chi connectivity index (χ1v) is 9.92. The minimum absolute atomic E-state index is 0.0173. The molecule has 0 aliphatic heterocycles. The van der Waals surface area contributed by atoms with Crippen molar-refractivity contribution >= 4 is 23.2 Å². The van der Waals surface area contributed by atoms with Gasteiger partial charge in [0.05, 0.1) is 17.4 Å². The molecule has 3 aliphatic rings. The Labute approximate surface area is 177 Å². The average molecular weight is 431 g/mol. The third-order valence-electron chi connectivity index (χ3n) is 7.00. The molecule has 1 saturated carbocycles. The third-order valence-corrected chi connectivity index (χ3v) is 7.00. The molecule has 10 heteroatoms. The van der Waals surface area contributed by atoms with Gasteiger partial charge in [0.1, 0.15) is 17.4 Å². The summed E-state index contributed by atoms with van der Waals surface area (Å²) in [6.07, 6.45) is -1.15. The number of carbonyl (C=O) groups excluding carboxylic acids is 3. The monoisotopic (exact) mass is 431 g/mol. The summed E-state index contributed by atoms with van der Waals surface area (Å²) in [5.41, 5.74) is 8.70. The second-order valence-corrected chi connectivity index (χ2v) is 8.83. The van der Waals surface area contributed by atoms with Gasteiger partial charge in [-0.1, -0.05) is 6.07 Å². The molecule has 4 rings (SSSR count).